The lowest BCUT2D eigenvalue weighted by Gasteiger charge is -2.22. The maximum atomic E-state index is 12.1. The van der Waals surface area contributed by atoms with Gasteiger partial charge in [0.25, 0.3) is 0 Å². The first-order valence-corrected chi connectivity index (χ1v) is 8.91. The predicted octanol–water partition coefficient (Wildman–Crippen LogP) is 3.23. The lowest BCUT2D eigenvalue weighted by atomic mass is 10.2. The molecule has 3 rings (SSSR count). The Morgan fingerprint density at radius 2 is 2.26 bits per heavy atom. The molecule has 0 radical (unpaired) electrons. The van der Waals surface area contributed by atoms with Crippen molar-refractivity contribution in [1.29, 1.82) is 0 Å². The van der Waals surface area contributed by atoms with Gasteiger partial charge in [0.2, 0.25) is 5.91 Å². The van der Waals surface area contributed by atoms with E-state index in [9.17, 15) is 4.79 Å². The molecule has 1 fully saturated rings. The molecule has 1 saturated heterocycles. The number of morpholine rings is 1. The second-order valence-corrected chi connectivity index (χ2v) is 7.77. The second-order valence-electron chi connectivity index (χ2n) is 5.28. The number of thiophene rings is 1. The van der Waals surface area contributed by atoms with Crippen LogP contribution in [0, 0.1) is 13.8 Å². The van der Waals surface area contributed by atoms with Gasteiger partial charge >= 0.3 is 0 Å². The first kappa shape index (κ1) is 18.4. The van der Waals surface area contributed by atoms with E-state index >= 15 is 0 Å². The number of carbonyl (C=O) groups excluding carboxylic acids is 1. The Hall–Kier alpha value is -0.990. The molecule has 23 heavy (non-hydrogen) atoms. The average molecular weight is 374 g/mol. The Morgan fingerprint density at radius 3 is 2.91 bits per heavy atom. The third kappa shape index (κ3) is 4.74. The van der Waals surface area contributed by atoms with Crippen LogP contribution in [0.4, 0.5) is 5.13 Å². The molecule has 126 valence electrons. The number of anilines is 1. The summed E-state index contributed by atoms with van der Waals surface area (Å²) in [5.74, 6) is -0.0450. The van der Waals surface area contributed by atoms with Crippen molar-refractivity contribution in [2.45, 2.75) is 26.4 Å². The molecule has 2 aromatic heterocycles. The highest BCUT2D eigenvalue weighted by atomic mass is 35.5. The van der Waals surface area contributed by atoms with Crippen molar-refractivity contribution in [3.8, 4) is 10.6 Å². The number of hydrogen-bond donors (Lipinski definition) is 2. The second kappa shape index (κ2) is 8.21. The molecule has 0 bridgehead atoms. The van der Waals surface area contributed by atoms with E-state index in [0.29, 0.717) is 18.2 Å². The van der Waals surface area contributed by atoms with Gasteiger partial charge in [-0.3, -0.25) is 4.79 Å². The summed E-state index contributed by atoms with van der Waals surface area (Å²) in [6.07, 6.45) is 0.313. The fraction of sp³-hybridized carbons (Fsp3) is 0.467. The molecule has 1 unspecified atom stereocenters. The van der Waals surface area contributed by atoms with E-state index in [2.05, 4.69) is 34.7 Å². The third-order valence-electron chi connectivity index (χ3n) is 3.43. The first-order valence-electron chi connectivity index (χ1n) is 7.28. The Balaban J connectivity index is 0.00000192. The van der Waals surface area contributed by atoms with Crippen molar-refractivity contribution < 1.29 is 9.53 Å². The lowest BCUT2D eigenvalue weighted by Crippen LogP contribution is -2.40. The Bertz CT molecular complexity index is 665. The minimum absolute atomic E-state index is 0. The summed E-state index contributed by atoms with van der Waals surface area (Å²) in [5.41, 5.74) is 0.967. The van der Waals surface area contributed by atoms with E-state index in [1.54, 1.807) is 11.3 Å². The summed E-state index contributed by atoms with van der Waals surface area (Å²) in [6.45, 7) is 6.36. The van der Waals surface area contributed by atoms with Gasteiger partial charge in [0, 0.05) is 22.8 Å². The van der Waals surface area contributed by atoms with E-state index in [4.69, 9.17) is 4.74 Å². The van der Waals surface area contributed by atoms with Gasteiger partial charge in [-0.15, -0.1) is 35.1 Å². The molecule has 2 aromatic rings. The van der Waals surface area contributed by atoms with Crippen LogP contribution in [-0.4, -0.2) is 36.7 Å². The minimum Gasteiger partial charge on any atom is -0.375 e. The van der Waals surface area contributed by atoms with Crippen LogP contribution in [0.3, 0.4) is 0 Å². The van der Waals surface area contributed by atoms with E-state index < -0.39 is 0 Å². The van der Waals surface area contributed by atoms with E-state index in [0.717, 1.165) is 28.5 Å². The predicted molar refractivity (Wildman–Crippen MR) is 98.0 cm³/mol. The van der Waals surface area contributed by atoms with Gasteiger partial charge in [-0.05, 0) is 26.0 Å². The molecule has 0 aromatic carbocycles. The van der Waals surface area contributed by atoms with Crippen LogP contribution >= 0.6 is 35.1 Å². The van der Waals surface area contributed by atoms with Crippen LogP contribution in [-0.2, 0) is 9.53 Å². The van der Waals surface area contributed by atoms with Crippen LogP contribution < -0.4 is 10.6 Å². The fourth-order valence-corrected chi connectivity index (χ4v) is 4.19. The number of ether oxygens (including phenoxy) is 1. The summed E-state index contributed by atoms with van der Waals surface area (Å²) in [6, 6.07) is 4.17. The summed E-state index contributed by atoms with van der Waals surface area (Å²) >= 11 is 3.23. The molecule has 2 N–H and O–H groups in total. The lowest BCUT2D eigenvalue weighted by molar-refractivity contribution is -0.119. The van der Waals surface area contributed by atoms with Gasteiger partial charge in [-0.2, -0.15) is 0 Å². The zero-order valence-corrected chi connectivity index (χ0v) is 15.5. The summed E-state index contributed by atoms with van der Waals surface area (Å²) in [5, 5.41) is 6.78. The van der Waals surface area contributed by atoms with Gasteiger partial charge < -0.3 is 15.4 Å². The zero-order valence-electron chi connectivity index (χ0n) is 13.0. The number of halogens is 1. The van der Waals surface area contributed by atoms with Gasteiger partial charge in [0.15, 0.2) is 5.13 Å². The Labute approximate surface area is 149 Å². The molecule has 0 saturated carbocycles. The van der Waals surface area contributed by atoms with E-state index in [-0.39, 0.29) is 24.4 Å². The van der Waals surface area contributed by atoms with Crippen LogP contribution in [0.15, 0.2) is 12.1 Å². The number of rotatable bonds is 4. The number of nitrogens with one attached hydrogen (secondary N) is 2. The normalized spacial score (nSPS) is 17.6. The van der Waals surface area contributed by atoms with Crippen LogP contribution in [0.25, 0.3) is 10.6 Å². The monoisotopic (exact) mass is 373 g/mol. The fourth-order valence-electron chi connectivity index (χ4n) is 2.37. The van der Waals surface area contributed by atoms with Gasteiger partial charge in [0.05, 0.1) is 29.7 Å². The summed E-state index contributed by atoms with van der Waals surface area (Å²) < 4.78 is 5.55. The number of aryl methyl sites for hydroxylation is 2. The number of aromatic nitrogens is 1. The van der Waals surface area contributed by atoms with Gasteiger partial charge in [-0.1, -0.05) is 0 Å². The van der Waals surface area contributed by atoms with Gasteiger partial charge in [-0.25, -0.2) is 4.98 Å². The third-order valence-corrected chi connectivity index (χ3v) is 5.33. The highest BCUT2D eigenvalue weighted by Gasteiger charge is 2.19. The molecule has 1 aliphatic heterocycles. The van der Waals surface area contributed by atoms with Crippen molar-refractivity contribution in [1.82, 2.24) is 10.3 Å². The highest BCUT2D eigenvalue weighted by Crippen LogP contribution is 2.34. The minimum atomic E-state index is -0.0470. The molecule has 1 atom stereocenters. The first-order chi connectivity index (χ1) is 10.6. The summed E-state index contributed by atoms with van der Waals surface area (Å²) in [4.78, 5) is 20.2. The molecular weight excluding hydrogens is 354 g/mol. The smallest absolute Gasteiger partial charge is 0.228 e. The molecule has 1 amide bonds. The largest absolute Gasteiger partial charge is 0.375 e. The SMILES string of the molecule is Cc1ccc(-c2nc(NC(=O)CC3CNCCO3)sc2C)s1.Cl. The Kier molecular flexibility index (Phi) is 6.55. The molecule has 1 aliphatic rings. The molecule has 8 heteroatoms. The molecule has 3 heterocycles. The van der Waals surface area contributed by atoms with Crippen molar-refractivity contribution in [3.63, 3.8) is 0 Å². The zero-order chi connectivity index (χ0) is 15.5. The van der Waals surface area contributed by atoms with Crippen molar-refractivity contribution in [2.24, 2.45) is 0 Å². The van der Waals surface area contributed by atoms with Crippen LogP contribution in [0.1, 0.15) is 16.2 Å². The number of hydrogen-bond acceptors (Lipinski definition) is 6. The molecule has 0 aliphatic carbocycles. The van der Waals surface area contributed by atoms with Crippen molar-refractivity contribution in [2.75, 3.05) is 25.0 Å². The number of amides is 1. The van der Waals surface area contributed by atoms with Crippen LogP contribution in [0.5, 0.6) is 0 Å². The average Bonchev–Trinajstić information content (AvgIpc) is 3.06. The van der Waals surface area contributed by atoms with Crippen molar-refractivity contribution >= 4 is 46.1 Å². The van der Waals surface area contributed by atoms with Crippen molar-refractivity contribution in [3.05, 3.63) is 21.9 Å². The Morgan fingerprint density at radius 1 is 1.43 bits per heavy atom. The maximum absolute atomic E-state index is 12.1. The molecule has 5 nitrogen and oxygen atoms in total. The topological polar surface area (TPSA) is 63.2 Å². The van der Waals surface area contributed by atoms with Gasteiger partial charge in [0.1, 0.15) is 0 Å². The molecular formula is C15H20ClN3O2S2. The van der Waals surface area contributed by atoms with E-state index in [1.165, 1.54) is 16.2 Å². The standard InChI is InChI=1S/C15H19N3O2S2.ClH/c1-9-3-4-12(21-9)14-10(2)22-15(18-14)17-13(19)7-11-8-16-5-6-20-11;/h3-4,11,16H,5-8H2,1-2H3,(H,17,18,19);1H. The quantitative estimate of drug-likeness (QED) is 0.863. The highest BCUT2D eigenvalue weighted by molar-refractivity contribution is 7.18. The molecule has 0 spiro atoms. The number of carbonyl (C=O) groups is 1. The van der Waals surface area contributed by atoms with Crippen LogP contribution in [0.2, 0.25) is 0 Å². The summed E-state index contributed by atoms with van der Waals surface area (Å²) in [7, 11) is 0. The number of nitrogens with zero attached hydrogens (tertiary/aromatic N) is 1. The maximum Gasteiger partial charge on any atom is 0.228 e. The number of thiazole rings is 1. The van der Waals surface area contributed by atoms with E-state index in [1.807, 2.05) is 6.92 Å².